The van der Waals surface area contributed by atoms with Crippen molar-refractivity contribution >= 4 is 15.9 Å². The number of aromatic nitrogens is 2. The Balaban J connectivity index is 1.60. The van der Waals surface area contributed by atoms with Crippen LogP contribution in [0.3, 0.4) is 0 Å². The smallest absolute Gasteiger partial charge is 0.231 e. The van der Waals surface area contributed by atoms with Gasteiger partial charge in [0, 0.05) is 10.5 Å². The topological polar surface area (TPSA) is 51.0 Å². The average Bonchev–Trinajstić information content (AvgIpc) is 3.10. The molecule has 0 spiro atoms. The van der Waals surface area contributed by atoms with Gasteiger partial charge >= 0.3 is 0 Å². The van der Waals surface area contributed by atoms with E-state index in [1.807, 2.05) is 12.1 Å². The van der Waals surface area contributed by atoms with Crippen molar-refractivity contribution < 1.29 is 4.52 Å². The van der Waals surface area contributed by atoms with E-state index in [1.165, 1.54) is 18.4 Å². The summed E-state index contributed by atoms with van der Waals surface area (Å²) in [5.74, 6) is 1.42. The molecule has 0 saturated heterocycles. The Morgan fingerprint density at radius 1 is 1.28 bits per heavy atom. The molecule has 1 aromatic heterocycles. The van der Waals surface area contributed by atoms with Gasteiger partial charge in [0.1, 0.15) is 0 Å². The molecule has 1 fully saturated rings. The molecule has 5 heteroatoms. The third-order valence-electron chi connectivity index (χ3n) is 2.90. The van der Waals surface area contributed by atoms with Gasteiger partial charge in [0.25, 0.3) is 0 Å². The lowest BCUT2D eigenvalue weighted by atomic mass is 10.1. The number of hydrogen-bond donors (Lipinski definition) is 1. The van der Waals surface area contributed by atoms with Crippen molar-refractivity contribution in [3.05, 3.63) is 46.0 Å². The molecule has 0 aliphatic heterocycles. The van der Waals surface area contributed by atoms with Crippen molar-refractivity contribution in [1.82, 2.24) is 15.5 Å². The van der Waals surface area contributed by atoms with Gasteiger partial charge in [-0.25, -0.2) is 0 Å². The van der Waals surface area contributed by atoms with E-state index in [4.69, 9.17) is 4.52 Å². The predicted molar refractivity (Wildman–Crippen MR) is 71.1 cm³/mol. The van der Waals surface area contributed by atoms with Gasteiger partial charge in [-0.15, -0.1) is 0 Å². The summed E-state index contributed by atoms with van der Waals surface area (Å²) in [4.78, 5) is 4.38. The van der Waals surface area contributed by atoms with E-state index >= 15 is 0 Å². The first kappa shape index (κ1) is 11.9. The van der Waals surface area contributed by atoms with Crippen LogP contribution in [-0.2, 0) is 13.0 Å². The zero-order valence-electron chi connectivity index (χ0n) is 9.90. The number of benzene rings is 1. The molecular weight excluding hydrogens is 294 g/mol. The quantitative estimate of drug-likeness (QED) is 0.922. The molecule has 94 valence electrons. The van der Waals surface area contributed by atoms with Crippen LogP contribution in [0.5, 0.6) is 0 Å². The highest BCUT2D eigenvalue weighted by molar-refractivity contribution is 9.10. The van der Waals surface area contributed by atoms with Gasteiger partial charge in [0.15, 0.2) is 5.82 Å². The van der Waals surface area contributed by atoms with E-state index in [0.717, 1.165) is 10.3 Å². The van der Waals surface area contributed by atoms with Crippen LogP contribution in [0.15, 0.2) is 33.3 Å². The molecule has 0 radical (unpaired) electrons. The summed E-state index contributed by atoms with van der Waals surface area (Å²) in [5, 5.41) is 7.34. The average molecular weight is 308 g/mol. The third kappa shape index (κ3) is 3.17. The standard InChI is InChI=1S/C13H14BrN3O/c14-10-3-1-9(2-4-10)7-13-16-12(17-18-13)8-15-11-5-6-11/h1-4,11,15H,5-8H2. The van der Waals surface area contributed by atoms with E-state index in [2.05, 4.69) is 43.5 Å². The van der Waals surface area contributed by atoms with Crippen LogP contribution in [0.4, 0.5) is 0 Å². The van der Waals surface area contributed by atoms with Crippen LogP contribution < -0.4 is 5.32 Å². The second-order valence-electron chi connectivity index (χ2n) is 4.56. The molecule has 1 N–H and O–H groups in total. The molecule has 0 amide bonds. The van der Waals surface area contributed by atoms with Crippen molar-refractivity contribution in [3.63, 3.8) is 0 Å². The second kappa shape index (κ2) is 5.20. The van der Waals surface area contributed by atoms with Crippen LogP contribution in [0.1, 0.15) is 30.1 Å². The first-order chi connectivity index (χ1) is 8.79. The fourth-order valence-electron chi connectivity index (χ4n) is 1.73. The van der Waals surface area contributed by atoms with Crippen molar-refractivity contribution in [2.75, 3.05) is 0 Å². The molecule has 0 atom stereocenters. The Morgan fingerprint density at radius 2 is 2.06 bits per heavy atom. The summed E-state index contributed by atoms with van der Waals surface area (Å²) < 4.78 is 6.31. The Morgan fingerprint density at radius 3 is 2.78 bits per heavy atom. The zero-order chi connectivity index (χ0) is 12.4. The minimum Gasteiger partial charge on any atom is -0.339 e. The lowest BCUT2D eigenvalue weighted by Gasteiger charge is -1.96. The molecule has 3 rings (SSSR count). The number of hydrogen-bond acceptors (Lipinski definition) is 4. The predicted octanol–water partition coefficient (Wildman–Crippen LogP) is 2.67. The minimum atomic E-state index is 0.665. The first-order valence-corrected chi connectivity index (χ1v) is 6.88. The number of nitrogens with zero attached hydrogens (tertiary/aromatic N) is 2. The SMILES string of the molecule is Brc1ccc(Cc2nc(CNC3CC3)no2)cc1. The molecule has 4 nitrogen and oxygen atoms in total. The van der Waals surface area contributed by atoms with Crippen molar-refractivity contribution in [2.45, 2.75) is 31.8 Å². The van der Waals surface area contributed by atoms with Gasteiger partial charge in [0.2, 0.25) is 5.89 Å². The maximum absolute atomic E-state index is 5.24. The molecule has 0 unspecified atom stereocenters. The van der Waals surface area contributed by atoms with Crippen molar-refractivity contribution in [3.8, 4) is 0 Å². The van der Waals surface area contributed by atoms with E-state index < -0.39 is 0 Å². The Hall–Kier alpha value is -1.20. The zero-order valence-corrected chi connectivity index (χ0v) is 11.5. The van der Waals surface area contributed by atoms with E-state index in [9.17, 15) is 0 Å². The molecule has 1 aliphatic rings. The van der Waals surface area contributed by atoms with Gasteiger partial charge in [-0.3, -0.25) is 0 Å². The van der Waals surface area contributed by atoms with Gasteiger partial charge < -0.3 is 9.84 Å². The third-order valence-corrected chi connectivity index (χ3v) is 3.43. The number of rotatable bonds is 5. The summed E-state index contributed by atoms with van der Waals surface area (Å²) in [6.07, 6.45) is 3.22. The Bertz CT molecular complexity index is 519. The van der Waals surface area contributed by atoms with Gasteiger partial charge in [-0.1, -0.05) is 33.2 Å². The molecular formula is C13H14BrN3O. The summed E-state index contributed by atoms with van der Waals surface area (Å²) in [6, 6.07) is 8.80. The Labute approximate surface area is 114 Å². The number of nitrogens with one attached hydrogen (secondary N) is 1. The fourth-order valence-corrected chi connectivity index (χ4v) is 2.00. The number of halogens is 1. The molecule has 0 bridgehead atoms. The van der Waals surface area contributed by atoms with Gasteiger partial charge in [0.05, 0.1) is 13.0 Å². The molecule has 2 aromatic rings. The van der Waals surface area contributed by atoms with Crippen LogP contribution >= 0.6 is 15.9 Å². The largest absolute Gasteiger partial charge is 0.339 e. The lowest BCUT2D eigenvalue weighted by molar-refractivity contribution is 0.377. The molecule has 1 saturated carbocycles. The van der Waals surface area contributed by atoms with E-state index in [1.54, 1.807) is 0 Å². The molecule has 1 heterocycles. The van der Waals surface area contributed by atoms with Gasteiger partial charge in [-0.05, 0) is 30.5 Å². The highest BCUT2D eigenvalue weighted by Crippen LogP contribution is 2.19. The summed E-state index contributed by atoms with van der Waals surface area (Å²) in [5.41, 5.74) is 1.17. The maximum atomic E-state index is 5.24. The molecule has 18 heavy (non-hydrogen) atoms. The van der Waals surface area contributed by atoms with Crippen LogP contribution in [0.2, 0.25) is 0 Å². The molecule has 1 aliphatic carbocycles. The first-order valence-electron chi connectivity index (χ1n) is 6.09. The lowest BCUT2D eigenvalue weighted by Crippen LogP contribution is -2.16. The summed E-state index contributed by atoms with van der Waals surface area (Å²) in [6.45, 7) is 0.703. The van der Waals surface area contributed by atoms with Crippen molar-refractivity contribution in [1.29, 1.82) is 0 Å². The van der Waals surface area contributed by atoms with E-state index in [0.29, 0.717) is 24.9 Å². The maximum Gasteiger partial charge on any atom is 0.231 e. The summed E-state index contributed by atoms with van der Waals surface area (Å²) >= 11 is 3.42. The van der Waals surface area contributed by atoms with E-state index in [-0.39, 0.29) is 0 Å². The second-order valence-corrected chi connectivity index (χ2v) is 5.48. The fraction of sp³-hybridized carbons (Fsp3) is 0.385. The highest BCUT2D eigenvalue weighted by Gasteiger charge is 2.21. The normalized spacial score (nSPS) is 14.9. The van der Waals surface area contributed by atoms with Crippen LogP contribution in [0.25, 0.3) is 0 Å². The van der Waals surface area contributed by atoms with Gasteiger partial charge in [-0.2, -0.15) is 4.98 Å². The highest BCUT2D eigenvalue weighted by atomic mass is 79.9. The minimum absolute atomic E-state index is 0.665. The van der Waals surface area contributed by atoms with Crippen LogP contribution in [0, 0.1) is 0 Å². The van der Waals surface area contributed by atoms with Crippen molar-refractivity contribution in [2.24, 2.45) is 0 Å². The monoisotopic (exact) mass is 307 g/mol. The molecule has 1 aromatic carbocycles. The van der Waals surface area contributed by atoms with Crippen LogP contribution in [-0.4, -0.2) is 16.2 Å². The Kier molecular flexibility index (Phi) is 3.43. The summed E-state index contributed by atoms with van der Waals surface area (Å²) in [7, 11) is 0.